The Kier molecular flexibility index (Phi) is 7.98. The Morgan fingerprint density at radius 1 is 1.03 bits per heavy atom. The number of anilines is 1. The zero-order chi connectivity index (χ0) is 22.1. The molecular weight excluding hydrogens is 396 g/mol. The maximum atomic E-state index is 12.4. The molecule has 1 amide bonds. The Bertz CT molecular complexity index is 912. The van der Waals surface area contributed by atoms with Crippen LogP contribution in [0.5, 0.6) is 17.2 Å². The van der Waals surface area contributed by atoms with Crippen LogP contribution in [0.4, 0.5) is 11.4 Å². The van der Waals surface area contributed by atoms with Crippen LogP contribution >= 0.6 is 0 Å². The Hall–Kier alpha value is -3.82. The summed E-state index contributed by atoms with van der Waals surface area (Å²) in [5.41, 5.74) is -0.390. The van der Waals surface area contributed by atoms with Crippen molar-refractivity contribution in [2.75, 3.05) is 32.2 Å². The molecule has 0 saturated carbocycles. The highest BCUT2D eigenvalue weighted by atomic mass is 16.6. The van der Waals surface area contributed by atoms with E-state index >= 15 is 0 Å². The van der Waals surface area contributed by atoms with Gasteiger partial charge >= 0.3 is 5.97 Å². The minimum atomic E-state index is -1.04. The highest BCUT2D eigenvalue weighted by Gasteiger charge is 2.26. The van der Waals surface area contributed by atoms with E-state index in [9.17, 15) is 19.7 Å². The predicted octanol–water partition coefficient (Wildman–Crippen LogP) is 3.20. The van der Waals surface area contributed by atoms with Crippen LogP contribution in [0.2, 0.25) is 0 Å². The van der Waals surface area contributed by atoms with Gasteiger partial charge in [-0.1, -0.05) is 0 Å². The first-order chi connectivity index (χ1) is 14.4. The van der Waals surface area contributed by atoms with Gasteiger partial charge in [0.05, 0.1) is 31.3 Å². The summed E-state index contributed by atoms with van der Waals surface area (Å²) in [5, 5.41) is 13.9. The largest absolute Gasteiger partial charge is 0.494 e. The molecule has 0 fully saturated rings. The summed E-state index contributed by atoms with van der Waals surface area (Å²) >= 11 is 0. The van der Waals surface area contributed by atoms with Gasteiger partial charge in [-0.05, 0) is 38.1 Å². The lowest BCUT2D eigenvalue weighted by Gasteiger charge is -2.12. The van der Waals surface area contributed by atoms with Crippen molar-refractivity contribution in [2.24, 2.45) is 0 Å². The first-order valence-corrected chi connectivity index (χ1v) is 9.08. The number of methoxy groups -OCH3 is 1. The van der Waals surface area contributed by atoms with E-state index in [-0.39, 0.29) is 23.7 Å². The molecule has 0 spiro atoms. The Balaban J connectivity index is 2.07. The van der Waals surface area contributed by atoms with Crippen molar-refractivity contribution in [1.82, 2.24) is 0 Å². The number of esters is 1. The fourth-order valence-electron chi connectivity index (χ4n) is 2.50. The smallest absolute Gasteiger partial charge is 0.345 e. The van der Waals surface area contributed by atoms with Gasteiger partial charge in [0.2, 0.25) is 0 Å². The molecule has 2 aromatic carbocycles. The molecule has 0 aliphatic carbocycles. The fraction of sp³-hybridized carbons (Fsp3) is 0.300. The van der Waals surface area contributed by atoms with E-state index in [0.717, 1.165) is 12.1 Å². The first kappa shape index (κ1) is 22.5. The van der Waals surface area contributed by atoms with E-state index in [1.807, 2.05) is 6.92 Å². The average Bonchev–Trinajstić information content (AvgIpc) is 2.73. The van der Waals surface area contributed by atoms with Crippen LogP contribution in [-0.2, 0) is 9.53 Å². The van der Waals surface area contributed by atoms with Gasteiger partial charge in [0.25, 0.3) is 11.6 Å². The highest BCUT2D eigenvalue weighted by molar-refractivity contribution is 5.98. The second kappa shape index (κ2) is 10.6. The third kappa shape index (κ3) is 5.84. The van der Waals surface area contributed by atoms with Crippen LogP contribution in [-0.4, -0.2) is 43.7 Å². The number of amides is 1. The van der Waals surface area contributed by atoms with E-state index in [4.69, 9.17) is 18.9 Å². The summed E-state index contributed by atoms with van der Waals surface area (Å²) in [7, 11) is 1.34. The van der Waals surface area contributed by atoms with Crippen LogP contribution in [0, 0.1) is 10.1 Å². The second-order valence-electron chi connectivity index (χ2n) is 5.79. The van der Waals surface area contributed by atoms with Crippen LogP contribution in [0.25, 0.3) is 0 Å². The molecule has 0 radical (unpaired) electrons. The molecule has 10 nitrogen and oxygen atoms in total. The van der Waals surface area contributed by atoms with Gasteiger partial charge in [-0.25, -0.2) is 4.79 Å². The number of nitrogens with zero attached hydrogens (tertiary/aromatic N) is 1. The third-order valence-corrected chi connectivity index (χ3v) is 3.78. The summed E-state index contributed by atoms with van der Waals surface area (Å²) < 4.78 is 20.6. The molecule has 1 N–H and O–H groups in total. The Labute approximate surface area is 172 Å². The van der Waals surface area contributed by atoms with E-state index in [1.54, 1.807) is 31.2 Å². The molecule has 2 aromatic rings. The van der Waals surface area contributed by atoms with Crippen LogP contribution in [0.1, 0.15) is 24.2 Å². The number of carbonyl (C=O) groups excluding carboxylic acids is 2. The number of ether oxygens (including phenoxy) is 4. The van der Waals surface area contributed by atoms with Crippen LogP contribution in [0.3, 0.4) is 0 Å². The molecule has 0 aliphatic rings. The number of nitro groups is 1. The maximum absolute atomic E-state index is 12.4. The average molecular weight is 418 g/mol. The summed E-state index contributed by atoms with van der Waals surface area (Å²) in [6.45, 7) is 3.71. The molecule has 0 unspecified atom stereocenters. The number of benzene rings is 2. The van der Waals surface area contributed by atoms with E-state index in [1.165, 1.54) is 7.11 Å². The van der Waals surface area contributed by atoms with E-state index < -0.39 is 29.1 Å². The zero-order valence-electron chi connectivity index (χ0n) is 16.8. The SMILES string of the molecule is CCOc1ccc(NC(=O)COC(=O)c2cc(OC)c(OCC)cc2[N+](=O)[O-])cc1. The maximum Gasteiger partial charge on any atom is 0.345 e. The van der Waals surface area contributed by atoms with Crippen molar-refractivity contribution in [3.63, 3.8) is 0 Å². The van der Waals surface area contributed by atoms with Crippen molar-refractivity contribution in [2.45, 2.75) is 13.8 Å². The summed E-state index contributed by atoms with van der Waals surface area (Å²) in [5.74, 6) is -0.735. The minimum absolute atomic E-state index is 0.122. The number of rotatable bonds is 10. The molecule has 0 saturated heterocycles. The molecule has 0 heterocycles. The minimum Gasteiger partial charge on any atom is -0.494 e. The summed E-state index contributed by atoms with van der Waals surface area (Å²) in [4.78, 5) is 35.0. The third-order valence-electron chi connectivity index (χ3n) is 3.78. The zero-order valence-corrected chi connectivity index (χ0v) is 16.8. The molecule has 0 aliphatic heterocycles. The van der Waals surface area contributed by atoms with Crippen molar-refractivity contribution in [1.29, 1.82) is 0 Å². The van der Waals surface area contributed by atoms with E-state index in [2.05, 4.69) is 5.32 Å². The molecule has 0 bridgehead atoms. The van der Waals surface area contributed by atoms with Crippen molar-refractivity contribution >= 4 is 23.3 Å². The van der Waals surface area contributed by atoms with Crippen molar-refractivity contribution < 1.29 is 33.5 Å². The molecule has 160 valence electrons. The summed E-state index contributed by atoms with van der Waals surface area (Å²) in [6, 6.07) is 8.86. The lowest BCUT2D eigenvalue weighted by atomic mass is 10.1. The van der Waals surface area contributed by atoms with Crippen LogP contribution < -0.4 is 19.5 Å². The highest BCUT2D eigenvalue weighted by Crippen LogP contribution is 2.35. The lowest BCUT2D eigenvalue weighted by molar-refractivity contribution is -0.385. The molecule has 0 atom stereocenters. The number of carbonyl (C=O) groups is 2. The fourth-order valence-corrected chi connectivity index (χ4v) is 2.50. The lowest BCUT2D eigenvalue weighted by Crippen LogP contribution is -2.21. The van der Waals surface area contributed by atoms with Gasteiger partial charge in [-0.2, -0.15) is 0 Å². The standard InChI is InChI=1S/C20H22N2O8/c1-4-28-14-8-6-13(7-9-14)21-19(23)12-30-20(24)15-10-17(27-3)18(29-5-2)11-16(15)22(25)26/h6-11H,4-5,12H2,1-3H3,(H,21,23). The number of hydrogen-bond donors (Lipinski definition) is 1. The van der Waals surface area contributed by atoms with Crippen LogP contribution in [0.15, 0.2) is 36.4 Å². The molecule has 2 rings (SSSR count). The van der Waals surface area contributed by atoms with E-state index in [0.29, 0.717) is 18.0 Å². The van der Waals surface area contributed by atoms with Gasteiger partial charge in [0.15, 0.2) is 18.1 Å². The Morgan fingerprint density at radius 2 is 1.70 bits per heavy atom. The Morgan fingerprint density at radius 3 is 2.27 bits per heavy atom. The monoisotopic (exact) mass is 418 g/mol. The molecule has 10 heteroatoms. The predicted molar refractivity (Wildman–Crippen MR) is 107 cm³/mol. The topological polar surface area (TPSA) is 126 Å². The van der Waals surface area contributed by atoms with Crippen molar-refractivity contribution in [3.8, 4) is 17.2 Å². The molecule has 30 heavy (non-hydrogen) atoms. The van der Waals surface area contributed by atoms with Crippen molar-refractivity contribution in [3.05, 3.63) is 52.1 Å². The first-order valence-electron chi connectivity index (χ1n) is 9.08. The van der Waals surface area contributed by atoms with Gasteiger partial charge in [-0.15, -0.1) is 0 Å². The number of hydrogen-bond acceptors (Lipinski definition) is 8. The number of nitro benzene ring substituents is 1. The molecule has 0 aromatic heterocycles. The normalized spacial score (nSPS) is 10.1. The molecular formula is C20H22N2O8. The number of nitrogens with one attached hydrogen (secondary N) is 1. The van der Waals surface area contributed by atoms with Gasteiger partial charge < -0.3 is 24.3 Å². The van der Waals surface area contributed by atoms with Gasteiger partial charge in [0, 0.05) is 11.8 Å². The quantitative estimate of drug-likeness (QED) is 0.354. The van der Waals surface area contributed by atoms with Gasteiger partial charge in [-0.3, -0.25) is 14.9 Å². The second-order valence-corrected chi connectivity index (χ2v) is 5.79. The van der Waals surface area contributed by atoms with Gasteiger partial charge in [0.1, 0.15) is 11.3 Å². The summed E-state index contributed by atoms with van der Waals surface area (Å²) in [6.07, 6.45) is 0.